The summed E-state index contributed by atoms with van der Waals surface area (Å²) < 4.78 is 13.2. The molecule has 0 aliphatic heterocycles. The molecule has 0 aliphatic carbocycles. The number of carboxylic acid groups (broad SMARTS) is 1. The number of amides is 1. The summed E-state index contributed by atoms with van der Waals surface area (Å²) in [6.45, 7) is 0. The van der Waals surface area contributed by atoms with Crippen LogP contribution in [0.5, 0.6) is 0 Å². The SMILES string of the molecule is O=C(O)c1ccc(F)cc1NC(=O)c1cc(Cl)nnc1Cl. The molecule has 0 fully saturated rings. The van der Waals surface area contributed by atoms with Gasteiger partial charge in [0.1, 0.15) is 5.82 Å². The highest BCUT2D eigenvalue weighted by Crippen LogP contribution is 2.21. The lowest BCUT2D eigenvalue weighted by molar-refractivity contribution is 0.0698. The van der Waals surface area contributed by atoms with E-state index in [1.807, 2.05) is 0 Å². The van der Waals surface area contributed by atoms with Crippen molar-refractivity contribution in [1.29, 1.82) is 0 Å². The fourth-order valence-electron chi connectivity index (χ4n) is 1.51. The van der Waals surface area contributed by atoms with Gasteiger partial charge in [-0.2, -0.15) is 0 Å². The fraction of sp³-hybridized carbons (Fsp3) is 0. The maximum Gasteiger partial charge on any atom is 0.337 e. The summed E-state index contributed by atoms with van der Waals surface area (Å²) >= 11 is 11.3. The van der Waals surface area contributed by atoms with E-state index in [-0.39, 0.29) is 27.1 Å². The average molecular weight is 330 g/mol. The van der Waals surface area contributed by atoms with E-state index in [2.05, 4.69) is 15.5 Å². The molecule has 0 spiro atoms. The molecule has 0 unspecified atom stereocenters. The number of aromatic nitrogens is 2. The van der Waals surface area contributed by atoms with Crippen LogP contribution in [-0.4, -0.2) is 27.2 Å². The van der Waals surface area contributed by atoms with Gasteiger partial charge in [0.05, 0.1) is 16.8 Å². The van der Waals surface area contributed by atoms with Gasteiger partial charge in [0.25, 0.3) is 5.91 Å². The number of anilines is 1. The molecule has 6 nitrogen and oxygen atoms in total. The maximum atomic E-state index is 13.2. The van der Waals surface area contributed by atoms with Gasteiger partial charge in [-0.05, 0) is 24.3 Å². The third kappa shape index (κ3) is 3.45. The Bertz CT molecular complexity index is 740. The number of aromatic carboxylic acids is 1. The molecule has 21 heavy (non-hydrogen) atoms. The summed E-state index contributed by atoms with van der Waals surface area (Å²) in [7, 11) is 0. The minimum Gasteiger partial charge on any atom is -0.478 e. The topological polar surface area (TPSA) is 92.2 Å². The second-order valence-corrected chi connectivity index (χ2v) is 4.57. The Morgan fingerprint density at radius 2 is 1.86 bits per heavy atom. The molecule has 0 atom stereocenters. The number of nitrogens with zero attached hydrogens (tertiary/aromatic N) is 2. The molecular weight excluding hydrogens is 324 g/mol. The van der Waals surface area contributed by atoms with Crippen LogP contribution in [0.3, 0.4) is 0 Å². The predicted octanol–water partition coefficient (Wildman–Crippen LogP) is 2.87. The van der Waals surface area contributed by atoms with Crippen molar-refractivity contribution in [3.05, 3.63) is 51.5 Å². The molecule has 2 aromatic rings. The van der Waals surface area contributed by atoms with Crippen LogP contribution in [-0.2, 0) is 0 Å². The normalized spacial score (nSPS) is 10.2. The van der Waals surface area contributed by atoms with E-state index in [1.54, 1.807) is 0 Å². The Labute approximate surface area is 127 Å². The maximum absolute atomic E-state index is 13.2. The summed E-state index contributed by atoms with van der Waals surface area (Å²) in [5.74, 6) is -2.81. The highest BCUT2D eigenvalue weighted by Gasteiger charge is 2.17. The molecule has 9 heteroatoms. The van der Waals surface area contributed by atoms with Crippen molar-refractivity contribution < 1.29 is 19.1 Å². The molecular formula is C12H6Cl2FN3O3. The number of nitrogens with one attached hydrogen (secondary N) is 1. The molecule has 0 saturated heterocycles. The number of carbonyl (C=O) groups is 2. The Morgan fingerprint density at radius 3 is 2.52 bits per heavy atom. The molecule has 2 N–H and O–H groups in total. The van der Waals surface area contributed by atoms with E-state index in [1.165, 1.54) is 0 Å². The van der Waals surface area contributed by atoms with E-state index in [0.29, 0.717) is 0 Å². The van der Waals surface area contributed by atoms with Crippen molar-refractivity contribution >= 4 is 40.8 Å². The van der Waals surface area contributed by atoms with Gasteiger partial charge in [0.2, 0.25) is 0 Å². The van der Waals surface area contributed by atoms with Crippen molar-refractivity contribution in [3.63, 3.8) is 0 Å². The first-order valence-corrected chi connectivity index (χ1v) is 6.17. The first kappa shape index (κ1) is 15.1. The average Bonchev–Trinajstić information content (AvgIpc) is 2.41. The summed E-state index contributed by atoms with van der Waals surface area (Å²) in [5.41, 5.74) is -0.595. The highest BCUT2D eigenvalue weighted by molar-refractivity contribution is 6.34. The summed E-state index contributed by atoms with van der Waals surface area (Å²) in [5, 5.41) is 17.8. The zero-order chi connectivity index (χ0) is 15.6. The van der Waals surface area contributed by atoms with Gasteiger partial charge in [-0.3, -0.25) is 4.79 Å². The molecule has 2 rings (SSSR count). The molecule has 1 aromatic carbocycles. The predicted molar refractivity (Wildman–Crippen MR) is 73.4 cm³/mol. The van der Waals surface area contributed by atoms with E-state index in [9.17, 15) is 14.0 Å². The van der Waals surface area contributed by atoms with Gasteiger partial charge < -0.3 is 10.4 Å². The summed E-state index contributed by atoms with van der Waals surface area (Å²) in [6.07, 6.45) is 0. The molecule has 0 radical (unpaired) electrons. The van der Waals surface area contributed by atoms with E-state index >= 15 is 0 Å². The number of halogens is 3. The van der Waals surface area contributed by atoms with E-state index < -0.39 is 17.7 Å². The van der Waals surface area contributed by atoms with Crippen LogP contribution in [0, 0.1) is 5.82 Å². The number of carboxylic acids is 1. The lowest BCUT2D eigenvalue weighted by Crippen LogP contribution is -2.16. The first-order valence-electron chi connectivity index (χ1n) is 5.41. The zero-order valence-electron chi connectivity index (χ0n) is 10.1. The largest absolute Gasteiger partial charge is 0.478 e. The van der Waals surface area contributed by atoms with Crippen molar-refractivity contribution in [2.75, 3.05) is 5.32 Å². The fourth-order valence-corrected chi connectivity index (χ4v) is 1.83. The second-order valence-electron chi connectivity index (χ2n) is 3.82. The number of rotatable bonds is 3. The van der Waals surface area contributed by atoms with Crippen LogP contribution >= 0.6 is 23.2 Å². The lowest BCUT2D eigenvalue weighted by atomic mass is 10.1. The minimum atomic E-state index is -1.32. The molecule has 1 aromatic heterocycles. The van der Waals surface area contributed by atoms with Crippen molar-refractivity contribution in [2.45, 2.75) is 0 Å². The Balaban J connectivity index is 2.38. The van der Waals surface area contributed by atoms with E-state index in [4.69, 9.17) is 28.3 Å². The third-order valence-corrected chi connectivity index (χ3v) is 2.89. The monoisotopic (exact) mass is 329 g/mol. The molecule has 108 valence electrons. The Morgan fingerprint density at radius 1 is 1.14 bits per heavy atom. The summed E-state index contributed by atoms with van der Waals surface area (Å²) in [6, 6.07) is 4.04. The van der Waals surface area contributed by atoms with Gasteiger partial charge in [0.15, 0.2) is 10.3 Å². The number of hydrogen-bond donors (Lipinski definition) is 2. The Hall–Kier alpha value is -2.25. The number of hydrogen-bond acceptors (Lipinski definition) is 4. The highest BCUT2D eigenvalue weighted by atomic mass is 35.5. The van der Waals surface area contributed by atoms with Crippen LogP contribution in [0.2, 0.25) is 10.3 Å². The molecule has 0 saturated carbocycles. The molecule has 0 bridgehead atoms. The van der Waals surface area contributed by atoms with Crippen molar-refractivity contribution in [3.8, 4) is 0 Å². The Kier molecular flexibility index (Phi) is 4.35. The van der Waals surface area contributed by atoms with Crippen LogP contribution in [0.1, 0.15) is 20.7 Å². The number of benzene rings is 1. The number of carbonyl (C=O) groups excluding carboxylic acids is 1. The molecule has 1 amide bonds. The van der Waals surface area contributed by atoms with Crippen LogP contribution in [0.15, 0.2) is 24.3 Å². The van der Waals surface area contributed by atoms with Crippen molar-refractivity contribution in [2.24, 2.45) is 0 Å². The van der Waals surface area contributed by atoms with Gasteiger partial charge in [-0.15, -0.1) is 10.2 Å². The van der Waals surface area contributed by atoms with E-state index in [0.717, 1.165) is 24.3 Å². The van der Waals surface area contributed by atoms with Crippen LogP contribution in [0.25, 0.3) is 0 Å². The molecule has 1 heterocycles. The van der Waals surface area contributed by atoms with Gasteiger partial charge >= 0.3 is 5.97 Å². The van der Waals surface area contributed by atoms with Crippen LogP contribution in [0.4, 0.5) is 10.1 Å². The third-order valence-electron chi connectivity index (χ3n) is 2.42. The van der Waals surface area contributed by atoms with Crippen molar-refractivity contribution in [1.82, 2.24) is 10.2 Å². The smallest absolute Gasteiger partial charge is 0.337 e. The molecule has 0 aliphatic rings. The lowest BCUT2D eigenvalue weighted by Gasteiger charge is -2.09. The quantitative estimate of drug-likeness (QED) is 0.903. The standard InChI is InChI=1S/C12H6Cl2FN3O3/c13-9-4-7(10(14)18-17-9)11(19)16-8-3-5(15)1-2-6(8)12(20)21/h1-4H,(H,16,19)(H,20,21). The van der Waals surface area contributed by atoms with Crippen LogP contribution < -0.4 is 5.32 Å². The van der Waals surface area contributed by atoms with Gasteiger partial charge in [-0.1, -0.05) is 23.2 Å². The zero-order valence-corrected chi connectivity index (χ0v) is 11.6. The van der Waals surface area contributed by atoms with Gasteiger partial charge in [-0.25, -0.2) is 9.18 Å². The minimum absolute atomic E-state index is 0.0674. The first-order chi connectivity index (χ1) is 9.88. The second kappa shape index (κ2) is 6.02. The summed E-state index contributed by atoms with van der Waals surface area (Å²) in [4.78, 5) is 23.1. The van der Waals surface area contributed by atoms with Gasteiger partial charge in [0, 0.05) is 0 Å².